The summed E-state index contributed by atoms with van der Waals surface area (Å²) in [5.41, 5.74) is 5.69. The van der Waals surface area contributed by atoms with E-state index in [0.29, 0.717) is 28.1 Å². The van der Waals surface area contributed by atoms with Gasteiger partial charge in [0.25, 0.3) is 0 Å². The number of rotatable bonds is 8. The molecule has 0 aliphatic carbocycles. The number of hydrazone groups is 1. The molecule has 0 unspecified atom stereocenters. The lowest BCUT2D eigenvalue weighted by Gasteiger charge is -2.14. The average Bonchev–Trinajstić information content (AvgIpc) is 2.72. The van der Waals surface area contributed by atoms with E-state index in [1.54, 1.807) is 31.5 Å². The van der Waals surface area contributed by atoms with Crippen molar-refractivity contribution in [2.45, 2.75) is 13.2 Å². The van der Waals surface area contributed by atoms with E-state index < -0.39 is 0 Å². The van der Waals surface area contributed by atoms with E-state index in [4.69, 9.17) is 32.7 Å². The maximum Gasteiger partial charge on any atom is 0.170 e. The maximum atomic E-state index is 6.24. The van der Waals surface area contributed by atoms with Gasteiger partial charge in [-0.2, -0.15) is 5.10 Å². The third kappa shape index (κ3) is 5.18. The zero-order chi connectivity index (χ0) is 19.8. The van der Waals surface area contributed by atoms with Crippen molar-refractivity contribution in [3.63, 3.8) is 0 Å². The number of nitrogens with one attached hydrogen (secondary N) is 1. The number of hydrogen-bond acceptors (Lipinski definition) is 4. The molecule has 3 aromatic carbocycles. The number of halogens is 2. The van der Waals surface area contributed by atoms with Gasteiger partial charge in [0.2, 0.25) is 0 Å². The van der Waals surface area contributed by atoms with Crippen LogP contribution in [-0.4, -0.2) is 13.3 Å². The minimum Gasteiger partial charge on any atom is -0.493 e. The lowest BCUT2D eigenvalue weighted by Crippen LogP contribution is -2.06. The van der Waals surface area contributed by atoms with Gasteiger partial charge in [0.15, 0.2) is 11.5 Å². The fourth-order valence-corrected chi connectivity index (χ4v) is 3.12. The van der Waals surface area contributed by atoms with E-state index in [2.05, 4.69) is 10.5 Å². The monoisotopic (exact) mass is 414 g/mol. The predicted molar refractivity (Wildman–Crippen MR) is 115 cm³/mol. The first kappa shape index (κ1) is 20.1. The molecule has 0 atom stereocenters. The molecule has 0 fully saturated rings. The molecule has 0 saturated carbocycles. The fraction of sp³-hybridized carbons (Fsp3) is 0.136. The first-order chi connectivity index (χ1) is 13.7. The van der Waals surface area contributed by atoms with Gasteiger partial charge in [-0.3, -0.25) is 0 Å². The van der Waals surface area contributed by atoms with Crippen LogP contribution in [-0.2, 0) is 13.2 Å². The highest BCUT2D eigenvalue weighted by atomic mass is 35.5. The Hall–Kier alpha value is -2.69. The van der Waals surface area contributed by atoms with Crippen molar-refractivity contribution >= 4 is 29.4 Å². The van der Waals surface area contributed by atoms with Crippen molar-refractivity contribution < 1.29 is 9.47 Å². The quantitative estimate of drug-likeness (QED) is 0.379. The minimum atomic E-state index is 0.219. The normalized spacial score (nSPS) is 10.8. The van der Waals surface area contributed by atoms with Crippen LogP contribution in [0.15, 0.2) is 71.8 Å². The second kappa shape index (κ2) is 10.0. The molecule has 3 rings (SSSR count). The highest BCUT2D eigenvalue weighted by Gasteiger charge is 2.12. The SMILES string of the molecule is COc1cccc(C=NNCc2ccccc2)c1OCc1c(Cl)cccc1Cl. The summed E-state index contributed by atoms with van der Waals surface area (Å²) >= 11 is 12.5. The van der Waals surface area contributed by atoms with Gasteiger partial charge in [0.05, 0.1) is 19.9 Å². The molecule has 0 heterocycles. The average molecular weight is 415 g/mol. The molecule has 0 spiro atoms. The summed E-state index contributed by atoms with van der Waals surface area (Å²) in [7, 11) is 1.60. The van der Waals surface area contributed by atoms with Crippen LogP contribution in [0.25, 0.3) is 0 Å². The Morgan fingerprint density at radius 3 is 2.36 bits per heavy atom. The van der Waals surface area contributed by atoms with Crippen molar-refractivity contribution in [3.05, 3.63) is 93.5 Å². The summed E-state index contributed by atoms with van der Waals surface area (Å²) in [5.74, 6) is 1.18. The van der Waals surface area contributed by atoms with E-state index in [9.17, 15) is 0 Å². The molecule has 3 aromatic rings. The predicted octanol–water partition coefficient (Wildman–Crippen LogP) is 5.70. The van der Waals surface area contributed by atoms with Crippen molar-refractivity contribution in [3.8, 4) is 11.5 Å². The highest BCUT2D eigenvalue weighted by Crippen LogP contribution is 2.32. The number of hydrogen-bond donors (Lipinski definition) is 1. The molecule has 6 heteroatoms. The van der Waals surface area contributed by atoms with Crippen LogP contribution in [0.2, 0.25) is 10.0 Å². The summed E-state index contributed by atoms with van der Waals surface area (Å²) in [6, 6.07) is 21.0. The Bertz CT molecular complexity index is 926. The Kier molecular flexibility index (Phi) is 7.18. The third-order valence-electron chi connectivity index (χ3n) is 4.07. The lowest BCUT2D eigenvalue weighted by molar-refractivity contribution is 0.284. The number of ether oxygens (including phenoxy) is 2. The Morgan fingerprint density at radius 1 is 0.929 bits per heavy atom. The Morgan fingerprint density at radius 2 is 1.64 bits per heavy atom. The summed E-state index contributed by atoms with van der Waals surface area (Å²) in [6.45, 7) is 0.851. The van der Waals surface area contributed by atoms with E-state index in [-0.39, 0.29) is 6.61 Å². The first-order valence-electron chi connectivity index (χ1n) is 8.71. The highest BCUT2D eigenvalue weighted by molar-refractivity contribution is 6.35. The number of methoxy groups -OCH3 is 1. The minimum absolute atomic E-state index is 0.219. The molecule has 144 valence electrons. The van der Waals surface area contributed by atoms with Crippen LogP contribution in [0.1, 0.15) is 16.7 Å². The van der Waals surface area contributed by atoms with E-state index in [1.807, 2.05) is 48.5 Å². The molecule has 1 N–H and O–H groups in total. The Labute approximate surface area is 174 Å². The topological polar surface area (TPSA) is 42.8 Å². The summed E-state index contributed by atoms with van der Waals surface area (Å²) in [5, 5.41) is 5.42. The smallest absolute Gasteiger partial charge is 0.170 e. The van der Waals surface area contributed by atoms with Crippen LogP contribution in [0.4, 0.5) is 0 Å². The van der Waals surface area contributed by atoms with E-state index in [0.717, 1.165) is 16.7 Å². The van der Waals surface area contributed by atoms with Crippen LogP contribution >= 0.6 is 23.2 Å². The van der Waals surface area contributed by atoms with Gasteiger partial charge >= 0.3 is 0 Å². The van der Waals surface area contributed by atoms with Crippen molar-refractivity contribution in [2.24, 2.45) is 5.10 Å². The van der Waals surface area contributed by atoms with Crippen LogP contribution in [0, 0.1) is 0 Å². The standard InChI is InChI=1S/C22H20Cl2N2O2/c1-27-21-12-5-9-17(14-26-25-13-16-7-3-2-4-8-16)22(21)28-15-18-19(23)10-6-11-20(18)24/h2-12,14,25H,13,15H2,1H3. The van der Waals surface area contributed by atoms with Crippen molar-refractivity contribution in [2.75, 3.05) is 7.11 Å². The van der Waals surface area contributed by atoms with Crippen molar-refractivity contribution in [1.82, 2.24) is 5.43 Å². The number of nitrogens with zero attached hydrogens (tertiary/aromatic N) is 1. The van der Waals surface area contributed by atoms with Gasteiger partial charge < -0.3 is 14.9 Å². The number of para-hydroxylation sites is 1. The summed E-state index contributed by atoms with van der Waals surface area (Å²) in [6.07, 6.45) is 1.70. The maximum absolute atomic E-state index is 6.24. The van der Waals surface area contributed by atoms with Gasteiger partial charge in [-0.25, -0.2) is 0 Å². The zero-order valence-corrected chi connectivity index (χ0v) is 16.9. The fourth-order valence-electron chi connectivity index (χ4n) is 2.61. The van der Waals surface area contributed by atoms with Gasteiger partial charge in [-0.05, 0) is 29.8 Å². The Balaban J connectivity index is 1.74. The molecule has 28 heavy (non-hydrogen) atoms. The summed E-state index contributed by atoms with van der Waals surface area (Å²) in [4.78, 5) is 0. The molecular weight excluding hydrogens is 395 g/mol. The van der Waals surface area contributed by atoms with Crippen LogP contribution < -0.4 is 14.9 Å². The second-order valence-electron chi connectivity index (χ2n) is 5.95. The molecule has 0 aliphatic rings. The third-order valence-corrected chi connectivity index (χ3v) is 4.78. The van der Waals surface area contributed by atoms with Crippen LogP contribution in [0.3, 0.4) is 0 Å². The van der Waals surface area contributed by atoms with E-state index in [1.165, 1.54) is 0 Å². The van der Waals surface area contributed by atoms with Gasteiger partial charge in [-0.1, -0.05) is 65.7 Å². The summed E-state index contributed by atoms with van der Waals surface area (Å²) < 4.78 is 11.4. The number of benzene rings is 3. The van der Waals surface area contributed by atoms with E-state index >= 15 is 0 Å². The molecular formula is C22H20Cl2N2O2. The molecule has 4 nitrogen and oxygen atoms in total. The first-order valence-corrected chi connectivity index (χ1v) is 9.47. The second-order valence-corrected chi connectivity index (χ2v) is 6.76. The largest absolute Gasteiger partial charge is 0.493 e. The molecule has 0 radical (unpaired) electrons. The molecule has 0 aliphatic heterocycles. The lowest BCUT2D eigenvalue weighted by atomic mass is 10.2. The molecule has 0 amide bonds. The van der Waals surface area contributed by atoms with Gasteiger partial charge in [-0.15, -0.1) is 0 Å². The molecule has 0 bridgehead atoms. The molecule has 0 aromatic heterocycles. The zero-order valence-electron chi connectivity index (χ0n) is 15.4. The van der Waals surface area contributed by atoms with Gasteiger partial charge in [0, 0.05) is 21.2 Å². The van der Waals surface area contributed by atoms with Crippen molar-refractivity contribution in [1.29, 1.82) is 0 Å². The van der Waals surface area contributed by atoms with Crippen LogP contribution in [0.5, 0.6) is 11.5 Å². The molecule has 0 saturated heterocycles. The van der Waals surface area contributed by atoms with Gasteiger partial charge in [0.1, 0.15) is 6.61 Å².